The second-order valence-corrected chi connectivity index (χ2v) is 3.50. The van der Waals surface area contributed by atoms with Crippen LogP contribution in [0.15, 0.2) is 48.5 Å². The summed E-state index contributed by atoms with van der Waals surface area (Å²) in [5, 5.41) is 4.58. The lowest BCUT2D eigenvalue weighted by Crippen LogP contribution is -1.92. The molecule has 0 unspecified atom stereocenters. The zero-order chi connectivity index (χ0) is 10.1. The average molecular weight is 196 g/mol. The van der Waals surface area contributed by atoms with Crippen LogP contribution in [-0.4, -0.2) is 0 Å². The van der Waals surface area contributed by atoms with Gasteiger partial charge in [-0.2, -0.15) is 0 Å². The van der Waals surface area contributed by atoms with Gasteiger partial charge >= 0.3 is 0 Å². The van der Waals surface area contributed by atoms with Gasteiger partial charge in [-0.3, -0.25) is 0 Å². The van der Waals surface area contributed by atoms with Crippen molar-refractivity contribution in [3.05, 3.63) is 54.1 Å². The largest absolute Gasteiger partial charge is 0.487 e. The first-order chi connectivity index (χ1) is 7.43. The van der Waals surface area contributed by atoms with Crippen LogP contribution in [0.3, 0.4) is 0 Å². The van der Waals surface area contributed by atoms with E-state index in [1.807, 2.05) is 48.5 Å². The molecule has 0 saturated carbocycles. The van der Waals surface area contributed by atoms with E-state index < -0.39 is 0 Å². The number of benzene rings is 2. The van der Waals surface area contributed by atoms with Crippen LogP contribution in [0.1, 0.15) is 5.56 Å². The second kappa shape index (κ2) is 3.31. The first kappa shape index (κ1) is 8.36. The molecule has 0 bridgehead atoms. The summed E-state index contributed by atoms with van der Waals surface area (Å²) in [4.78, 5) is 0. The number of para-hydroxylation sites is 3. The van der Waals surface area contributed by atoms with Crippen LogP contribution in [0.4, 0.5) is 11.4 Å². The predicted octanol–water partition coefficient (Wildman–Crippen LogP) is 3.15. The standard InChI is InChI=1S/C13H10NO/c1-2-6-11-10(5-1)9-15-13-8-4-3-7-12(13)14-11/h1-8H,9H2. The van der Waals surface area contributed by atoms with Crippen molar-refractivity contribution in [2.45, 2.75) is 6.61 Å². The molecule has 1 aliphatic heterocycles. The fourth-order valence-electron chi connectivity index (χ4n) is 1.70. The molecular weight excluding hydrogens is 186 g/mol. The maximum absolute atomic E-state index is 5.68. The lowest BCUT2D eigenvalue weighted by Gasteiger charge is -2.03. The first-order valence-electron chi connectivity index (χ1n) is 4.95. The molecule has 0 aliphatic carbocycles. The van der Waals surface area contributed by atoms with Crippen LogP contribution in [0.25, 0.3) is 0 Å². The molecule has 73 valence electrons. The third-order valence-corrected chi connectivity index (χ3v) is 2.48. The van der Waals surface area contributed by atoms with Crippen LogP contribution < -0.4 is 10.1 Å². The highest BCUT2D eigenvalue weighted by atomic mass is 16.5. The van der Waals surface area contributed by atoms with Gasteiger partial charge in [0.25, 0.3) is 0 Å². The lowest BCUT2D eigenvalue weighted by molar-refractivity contribution is 0.310. The van der Waals surface area contributed by atoms with Gasteiger partial charge in [0.1, 0.15) is 18.0 Å². The molecule has 0 aromatic heterocycles. The highest BCUT2D eigenvalue weighted by Crippen LogP contribution is 2.33. The molecule has 0 atom stereocenters. The van der Waals surface area contributed by atoms with Gasteiger partial charge in [-0.25, -0.2) is 5.32 Å². The van der Waals surface area contributed by atoms with E-state index in [4.69, 9.17) is 4.74 Å². The number of fused-ring (bicyclic) bond motifs is 2. The molecule has 15 heavy (non-hydrogen) atoms. The number of rotatable bonds is 0. The SMILES string of the molecule is c1ccc2c(c1)COc1ccccc1[N]2. The molecule has 0 spiro atoms. The van der Waals surface area contributed by atoms with E-state index in [0.29, 0.717) is 6.61 Å². The Kier molecular flexibility index (Phi) is 1.85. The summed E-state index contributed by atoms with van der Waals surface area (Å²) in [6, 6.07) is 15.9. The minimum Gasteiger partial charge on any atom is -0.487 e. The summed E-state index contributed by atoms with van der Waals surface area (Å²) in [6.07, 6.45) is 0. The van der Waals surface area contributed by atoms with E-state index >= 15 is 0 Å². The highest BCUT2D eigenvalue weighted by molar-refractivity contribution is 5.61. The molecule has 1 radical (unpaired) electrons. The Morgan fingerprint density at radius 1 is 0.867 bits per heavy atom. The van der Waals surface area contributed by atoms with Crippen LogP contribution in [0, 0.1) is 0 Å². The van der Waals surface area contributed by atoms with Crippen LogP contribution in [-0.2, 0) is 6.61 Å². The van der Waals surface area contributed by atoms with Gasteiger partial charge in [0.05, 0.1) is 5.69 Å². The van der Waals surface area contributed by atoms with Crippen molar-refractivity contribution in [1.29, 1.82) is 0 Å². The van der Waals surface area contributed by atoms with Crippen molar-refractivity contribution in [3.8, 4) is 5.75 Å². The normalized spacial score (nSPS) is 12.8. The van der Waals surface area contributed by atoms with Crippen LogP contribution in [0.2, 0.25) is 0 Å². The Bertz CT molecular complexity index is 448. The Balaban J connectivity index is 2.10. The van der Waals surface area contributed by atoms with Crippen molar-refractivity contribution in [2.75, 3.05) is 0 Å². The van der Waals surface area contributed by atoms with Crippen molar-refractivity contribution < 1.29 is 4.74 Å². The van der Waals surface area contributed by atoms with Gasteiger partial charge in [0, 0.05) is 5.56 Å². The van der Waals surface area contributed by atoms with Gasteiger partial charge in [-0.15, -0.1) is 0 Å². The lowest BCUT2D eigenvalue weighted by atomic mass is 10.2. The Hall–Kier alpha value is -1.96. The Labute approximate surface area is 88.5 Å². The number of nitrogens with zero attached hydrogens (tertiary/aromatic N) is 1. The number of hydrogen-bond acceptors (Lipinski definition) is 1. The molecule has 2 nitrogen and oxygen atoms in total. The smallest absolute Gasteiger partial charge is 0.145 e. The molecule has 2 aromatic carbocycles. The molecule has 2 heteroatoms. The van der Waals surface area contributed by atoms with E-state index in [2.05, 4.69) is 5.32 Å². The topological polar surface area (TPSA) is 23.3 Å². The maximum atomic E-state index is 5.68. The monoisotopic (exact) mass is 196 g/mol. The van der Waals surface area contributed by atoms with Gasteiger partial charge in [0.2, 0.25) is 0 Å². The molecule has 2 aromatic rings. The number of ether oxygens (including phenoxy) is 1. The first-order valence-corrected chi connectivity index (χ1v) is 4.95. The molecule has 1 heterocycles. The molecular formula is C13H10NO. The third kappa shape index (κ3) is 1.44. The quantitative estimate of drug-likeness (QED) is 0.634. The van der Waals surface area contributed by atoms with Gasteiger partial charge < -0.3 is 4.74 Å². The summed E-state index contributed by atoms with van der Waals surface area (Å²) in [7, 11) is 0. The fourth-order valence-corrected chi connectivity index (χ4v) is 1.70. The minimum absolute atomic E-state index is 0.594. The van der Waals surface area contributed by atoms with Crippen molar-refractivity contribution in [2.24, 2.45) is 0 Å². The molecule has 0 N–H and O–H groups in total. The summed E-state index contributed by atoms with van der Waals surface area (Å²) < 4.78 is 5.68. The van der Waals surface area contributed by atoms with Crippen molar-refractivity contribution in [1.82, 2.24) is 5.32 Å². The summed E-state index contributed by atoms with van der Waals surface area (Å²) in [5.41, 5.74) is 3.04. The Morgan fingerprint density at radius 3 is 2.53 bits per heavy atom. The average Bonchev–Trinajstić information content (AvgIpc) is 2.48. The van der Waals surface area contributed by atoms with Crippen molar-refractivity contribution in [3.63, 3.8) is 0 Å². The minimum atomic E-state index is 0.594. The zero-order valence-electron chi connectivity index (χ0n) is 8.18. The van der Waals surface area contributed by atoms with Crippen LogP contribution >= 0.6 is 0 Å². The highest BCUT2D eigenvalue weighted by Gasteiger charge is 2.13. The Morgan fingerprint density at radius 2 is 1.60 bits per heavy atom. The van der Waals surface area contributed by atoms with Gasteiger partial charge in [-0.1, -0.05) is 30.3 Å². The summed E-state index contributed by atoms with van der Waals surface area (Å²) in [6.45, 7) is 0.594. The van der Waals surface area contributed by atoms with Crippen LogP contribution in [0.5, 0.6) is 5.75 Å². The summed E-state index contributed by atoms with van der Waals surface area (Å²) >= 11 is 0. The summed E-state index contributed by atoms with van der Waals surface area (Å²) in [5.74, 6) is 0.855. The van der Waals surface area contributed by atoms with E-state index in [9.17, 15) is 0 Å². The second-order valence-electron chi connectivity index (χ2n) is 3.50. The molecule has 1 aliphatic rings. The van der Waals surface area contributed by atoms with E-state index in [1.165, 1.54) is 0 Å². The maximum Gasteiger partial charge on any atom is 0.145 e. The van der Waals surface area contributed by atoms with Gasteiger partial charge in [0.15, 0.2) is 0 Å². The fraction of sp³-hybridized carbons (Fsp3) is 0.0769. The molecule has 0 fully saturated rings. The third-order valence-electron chi connectivity index (χ3n) is 2.48. The zero-order valence-corrected chi connectivity index (χ0v) is 8.18. The predicted molar refractivity (Wildman–Crippen MR) is 58.7 cm³/mol. The van der Waals surface area contributed by atoms with E-state index in [1.54, 1.807) is 0 Å². The number of hydrogen-bond donors (Lipinski definition) is 0. The molecule has 3 rings (SSSR count). The molecule has 0 saturated heterocycles. The van der Waals surface area contributed by atoms with E-state index in [0.717, 1.165) is 22.7 Å². The van der Waals surface area contributed by atoms with Gasteiger partial charge in [-0.05, 0) is 18.2 Å². The molecule has 0 amide bonds. The van der Waals surface area contributed by atoms with E-state index in [-0.39, 0.29) is 0 Å². The van der Waals surface area contributed by atoms with Crippen molar-refractivity contribution >= 4 is 11.4 Å².